The van der Waals surface area contributed by atoms with Crippen molar-refractivity contribution in [2.45, 2.75) is 18.9 Å². The molecular formula is C15H15N4S2+. The van der Waals surface area contributed by atoms with Crippen LogP contribution in [-0.2, 0) is 0 Å². The fourth-order valence-corrected chi connectivity index (χ4v) is 3.63. The van der Waals surface area contributed by atoms with Gasteiger partial charge in [0.2, 0.25) is 0 Å². The number of hydrogen-bond donors (Lipinski definition) is 1. The molecule has 21 heavy (non-hydrogen) atoms. The summed E-state index contributed by atoms with van der Waals surface area (Å²) >= 11 is 3.06. The van der Waals surface area contributed by atoms with Crippen molar-refractivity contribution in [3.63, 3.8) is 0 Å². The zero-order valence-corrected chi connectivity index (χ0v) is 13.4. The first-order chi connectivity index (χ1) is 10.1. The lowest BCUT2D eigenvalue weighted by Crippen LogP contribution is -2.19. The van der Waals surface area contributed by atoms with Gasteiger partial charge in [0.1, 0.15) is 17.7 Å². The number of nitriles is 2. The molecule has 0 aromatic carbocycles. The highest BCUT2D eigenvalue weighted by Gasteiger charge is 2.24. The molecule has 6 heteroatoms. The smallest absolute Gasteiger partial charge is 0.286 e. The number of nitrogens with zero attached hydrogens (tertiary/aromatic N) is 2. The number of nitrogens with two attached hydrogens (primary N) is 1. The average molecular weight is 315 g/mol. The Kier molecular flexibility index (Phi) is 4.85. The maximum atomic E-state index is 9.55. The Labute approximate surface area is 132 Å². The molecule has 106 valence electrons. The molecule has 2 rings (SSSR count). The molecule has 0 fully saturated rings. The largest absolute Gasteiger partial charge is 0.289 e. The fraction of sp³-hybridized carbons (Fsp3) is 0.267. The van der Waals surface area contributed by atoms with Gasteiger partial charge in [0.05, 0.1) is 0 Å². The van der Waals surface area contributed by atoms with Crippen LogP contribution in [0.4, 0.5) is 5.82 Å². The number of nitrogens with one attached hydrogen (secondary N) is 1. The average Bonchev–Trinajstić information content (AvgIpc) is 2.97. The summed E-state index contributed by atoms with van der Waals surface area (Å²) in [7, 11) is 0. The molecule has 0 atom stereocenters. The van der Waals surface area contributed by atoms with Gasteiger partial charge < -0.3 is 0 Å². The van der Waals surface area contributed by atoms with Crippen LogP contribution in [0.25, 0.3) is 10.4 Å². The van der Waals surface area contributed by atoms with Gasteiger partial charge in [-0.05, 0) is 17.4 Å². The van der Waals surface area contributed by atoms with E-state index in [0.717, 1.165) is 15.7 Å². The third-order valence-corrected chi connectivity index (χ3v) is 5.11. The Morgan fingerprint density at radius 3 is 2.57 bits per heavy atom. The first kappa shape index (κ1) is 15.4. The summed E-state index contributed by atoms with van der Waals surface area (Å²) < 4.78 is 0. The van der Waals surface area contributed by atoms with Crippen molar-refractivity contribution in [1.82, 2.24) is 0 Å². The number of thioether (sulfide) groups is 1. The van der Waals surface area contributed by atoms with Gasteiger partial charge in [0, 0.05) is 16.2 Å². The molecule has 2 heterocycles. The van der Waals surface area contributed by atoms with Gasteiger partial charge in [-0.25, -0.2) is 4.98 Å². The number of hydrogen-bond acceptors (Lipinski definition) is 5. The van der Waals surface area contributed by atoms with E-state index >= 15 is 0 Å². The lowest BCUT2D eigenvalue weighted by Gasteiger charge is -2.09. The van der Waals surface area contributed by atoms with Crippen molar-refractivity contribution in [1.29, 1.82) is 10.5 Å². The Hall–Kier alpha value is -2.02. The summed E-state index contributed by atoms with van der Waals surface area (Å²) in [6.45, 7) is 4.23. The van der Waals surface area contributed by atoms with Crippen LogP contribution in [0.1, 0.15) is 25.0 Å². The highest BCUT2D eigenvalue weighted by atomic mass is 32.2. The minimum absolute atomic E-state index is 0.311. The second-order valence-corrected chi connectivity index (χ2v) is 6.88. The first-order valence-corrected chi connectivity index (χ1v) is 8.30. The molecule has 0 saturated heterocycles. The highest BCUT2D eigenvalue weighted by Crippen LogP contribution is 2.36. The topological polar surface area (TPSA) is 87.7 Å². The Morgan fingerprint density at radius 1 is 1.33 bits per heavy atom. The zero-order chi connectivity index (χ0) is 15.4. The molecule has 0 aliphatic heterocycles. The molecule has 0 bridgehead atoms. The lowest BCUT2D eigenvalue weighted by atomic mass is 10.0. The van der Waals surface area contributed by atoms with Gasteiger partial charge in [0.25, 0.3) is 5.82 Å². The molecule has 0 spiro atoms. The number of pyridine rings is 1. The Balaban J connectivity index is 2.66. The molecule has 2 aromatic rings. The summed E-state index contributed by atoms with van der Waals surface area (Å²) in [5.41, 5.74) is 7.44. The second-order valence-electron chi connectivity index (χ2n) is 4.90. The van der Waals surface area contributed by atoms with Crippen LogP contribution >= 0.6 is 23.1 Å². The number of aromatic amines is 1. The van der Waals surface area contributed by atoms with Gasteiger partial charge >= 0.3 is 0 Å². The van der Waals surface area contributed by atoms with E-state index in [2.05, 4.69) is 31.0 Å². The molecule has 0 radical (unpaired) electrons. The molecule has 3 N–H and O–H groups in total. The summed E-state index contributed by atoms with van der Waals surface area (Å²) in [5.74, 6) is 1.68. The summed E-state index contributed by atoms with van der Waals surface area (Å²) in [6.07, 6.45) is 0. The van der Waals surface area contributed by atoms with Crippen LogP contribution in [0.15, 0.2) is 22.5 Å². The third-order valence-electron chi connectivity index (χ3n) is 2.80. The standard InChI is InChI=1S/C15H14N4S2/c1-9(2)8-21-15-11(7-17)13(12-4-3-5-20-12)10(6-16)14(18)19-15/h3-5,9H,8H2,1-2H3,(H2,18,19)/p+1. The van der Waals surface area contributed by atoms with Gasteiger partial charge in [-0.3, -0.25) is 5.73 Å². The Bertz CT molecular complexity index is 722. The monoisotopic (exact) mass is 315 g/mol. The Morgan fingerprint density at radius 2 is 2.05 bits per heavy atom. The van der Waals surface area contributed by atoms with Crippen molar-refractivity contribution in [2.24, 2.45) is 5.92 Å². The minimum atomic E-state index is 0.311. The van der Waals surface area contributed by atoms with Crippen molar-refractivity contribution >= 4 is 28.9 Å². The van der Waals surface area contributed by atoms with Crippen LogP contribution in [0.3, 0.4) is 0 Å². The second kappa shape index (κ2) is 6.62. The number of aromatic nitrogens is 1. The van der Waals surface area contributed by atoms with E-state index in [1.165, 1.54) is 11.3 Å². The molecular weight excluding hydrogens is 300 g/mol. The molecule has 0 saturated carbocycles. The molecule has 0 unspecified atom stereocenters. The van der Waals surface area contributed by atoms with E-state index in [9.17, 15) is 10.5 Å². The predicted molar refractivity (Wildman–Crippen MR) is 85.7 cm³/mol. The number of nitrogen functional groups attached to an aromatic ring is 1. The van der Waals surface area contributed by atoms with Gasteiger partial charge in [0.15, 0.2) is 10.6 Å². The van der Waals surface area contributed by atoms with Crippen LogP contribution < -0.4 is 10.7 Å². The SMILES string of the molecule is CC(C)CSc1[nH+]c(N)c(C#N)c(-c2cccs2)c1C#N. The van der Waals surface area contributed by atoms with Crippen LogP contribution in [-0.4, -0.2) is 5.75 Å². The third kappa shape index (κ3) is 3.18. The van der Waals surface area contributed by atoms with E-state index < -0.39 is 0 Å². The number of H-pyrrole nitrogens is 1. The maximum Gasteiger partial charge on any atom is 0.289 e. The van der Waals surface area contributed by atoms with Gasteiger partial charge in [-0.2, -0.15) is 10.5 Å². The van der Waals surface area contributed by atoms with Gasteiger partial charge in [-0.15, -0.1) is 11.3 Å². The number of rotatable bonds is 4. The minimum Gasteiger partial charge on any atom is -0.286 e. The lowest BCUT2D eigenvalue weighted by molar-refractivity contribution is -0.410. The summed E-state index contributed by atoms with van der Waals surface area (Å²) in [4.78, 5) is 3.89. The van der Waals surface area contributed by atoms with Gasteiger partial charge in [-0.1, -0.05) is 31.7 Å². The zero-order valence-electron chi connectivity index (χ0n) is 11.8. The molecule has 0 aliphatic carbocycles. The normalized spacial score (nSPS) is 10.3. The van der Waals surface area contributed by atoms with Crippen molar-refractivity contribution in [3.8, 4) is 22.6 Å². The molecule has 2 aromatic heterocycles. The fourth-order valence-electron chi connectivity index (χ4n) is 1.87. The van der Waals surface area contributed by atoms with E-state index in [1.807, 2.05) is 17.5 Å². The van der Waals surface area contributed by atoms with Crippen LogP contribution in [0, 0.1) is 28.6 Å². The highest BCUT2D eigenvalue weighted by molar-refractivity contribution is 7.99. The van der Waals surface area contributed by atoms with Crippen molar-refractivity contribution in [3.05, 3.63) is 28.6 Å². The number of anilines is 1. The van der Waals surface area contributed by atoms with E-state index in [1.54, 1.807) is 11.8 Å². The van der Waals surface area contributed by atoms with Crippen LogP contribution in [0.5, 0.6) is 0 Å². The predicted octanol–water partition coefficient (Wildman–Crippen LogP) is 3.30. The maximum absolute atomic E-state index is 9.55. The molecule has 4 nitrogen and oxygen atoms in total. The van der Waals surface area contributed by atoms with E-state index in [0.29, 0.717) is 28.4 Å². The summed E-state index contributed by atoms with van der Waals surface area (Å²) in [5, 5.41) is 21.6. The van der Waals surface area contributed by atoms with Crippen LogP contribution in [0.2, 0.25) is 0 Å². The van der Waals surface area contributed by atoms with E-state index in [-0.39, 0.29) is 0 Å². The molecule has 0 aliphatic rings. The first-order valence-electron chi connectivity index (χ1n) is 6.44. The van der Waals surface area contributed by atoms with Crippen molar-refractivity contribution in [2.75, 3.05) is 11.5 Å². The van der Waals surface area contributed by atoms with Crippen molar-refractivity contribution < 1.29 is 4.98 Å². The number of thiophene rings is 1. The summed E-state index contributed by atoms with van der Waals surface area (Å²) in [6, 6.07) is 8.13. The quantitative estimate of drug-likeness (QED) is 0.877. The molecule has 0 amide bonds. The van der Waals surface area contributed by atoms with E-state index in [4.69, 9.17) is 5.73 Å².